The number of aryl methyl sites for hydroxylation is 1. The second-order valence-electron chi connectivity index (χ2n) is 10.1. The van der Waals surface area contributed by atoms with Gasteiger partial charge in [-0.05, 0) is 82.1 Å². The van der Waals surface area contributed by atoms with Crippen LogP contribution >= 0.6 is 0 Å². The monoisotopic (exact) mass is 442 g/mol. The van der Waals surface area contributed by atoms with E-state index >= 15 is 0 Å². The van der Waals surface area contributed by atoms with Crippen molar-refractivity contribution in [3.63, 3.8) is 0 Å². The maximum absolute atomic E-state index is 13.4. The summed E-state index contributed by atoms with van der Waals surface area (Å²) in [4.78, 5) is 22.6. The van der Waals surface area contributed by atoms with E-state index in [9.17, 15) is 9.90 Å². The quantitative estimate of drug-likeness (QED) is 0.530. The van der Waals surface area contributed by atoms with Crippen LogP contribution in [0.1, 0.15) is 81.5 Å². The summed E-state index contributed by atoms with van der Waals surface area (Å²) in [7, 11) is 0. The maximum Gasteiger partial charge on any atom is 0.255 e. The minimum atomic E-state index is -0.0705. The van der Waals surface area contributed by atoms with Crippen molar-refractivity contribution in [2.45, 2.75) is 72.8 Å². The van der Waals surface area contributed by atoms with Crippen LogP contribution in [0, 0.1) is 11.8 Å². The molecule has 0 atom stereocenters. The molecule has 3 rings (SSSR count). The first kappa shape index (κ1) is 24.7. The second-order valence-corrected chi connectivity index (χ2v) is 10.1. The lowest BCUT2D eigenvalue weighted by Gasteiger charge is -2.24. The second kappa shape index (κ2) is 11.8. The molecule has 0 radical (unpaired) electrons. The van der Waals surface area contributed by atoms with E-state index in [0.29, 0.717) is 17.4 Å². The van der Waals surface area contributed by atoms with E-state index in [1.807, 2.05) is 27.6 Å². The molecule has 0 aliphatic carbocycles. The van der Waals surface area contributed by atoms with E-state index in [0.717, 1.165) is 62.4 Å². The standard InChI is InChI=1S/C26H42N4O2/c1-20(2)11-16-29(17-12-21(3)4)26(32)22-9-10-25-27-23(19-31)24(30(25)18-22)8-7-15-28-13-5-6-14-28/h9-10,18,20-21,31H,5-8,11-17,19H2,1-4H3. The summed E-state index contributed by atoms with van der Waals surface area (Å²) in [5.74, 6) is 1.22. The molecular weight excluding hydrogens is 400 g/mol. The van der Waals surface area contributed by atoms with Crippen LogP contribution in [-0.4, -0.2) is 62.9 Å². The fourth-order valence-electron chi connectivity index (χ4n) is 4.46. The zero-order chi connectivity index (χ0) is 23.1. The van der Waals surface area contributed by atoms with E-state index in [1.165, 1.54) is 25.9 Å². The molecule has 0 bridgehead atoms. The SMILES string of the molecule is CC(C)CCN(CCC(C)C)C(=O)c1ccc2nc(CO)c(CCCN3CCCC3)n2c1. The Kier molecular flexibility index (Phi) is 9.11. The lowest BCUT2D eigenvalue weighted by atomic mass is 10.1. The average Bonchev–Trinajstić information content (AvgIpc) is 3.40. The summed E-state index contributed by atoms with van der Waals surface area (Å²) in [6.07, 6.45) is 8.44. The van der Waals surface area contributed by atoms with Gasteiger partial charge in [-0.25, -0.2) is 4.98 Å². The molecule has 1 aliphatic rings. The average molecular weight is 443 g/mol. The number of likely N-dealkylation sites (tertiary alicyclic amines) is 1. The fourth-order valence-corrected chi connectivity index (χ4v) is 4.46. The molecule has 32 heavy (non-hydrogen) atoms. The normalized spacial score (nSPS) is 14.8. The molecule has 2 aromatic rings. The lowest BCUT2D eigenvalue weighted by molar-refractivity contribution is 0.0740. The highest BCUT2D eigenvalue weighted by atomic mass is 16.3. The highest BCUT2D eigenvalue weighted by Gasteiger charge is 2.19. The van der Waals surface area contributed by atoms with Crippen molar-refractivity contribution in [3.05, 3.63) is 35.3 Å². The molecule has 0 unspecified atom stereocenters. The Bertz CT molecular complexity index is 856. The number of carbonyl (C=O) groups is 1. The summed E-state index contributed by atoms with van der Waals surface area (Å²) >= 11 is 0. The van der Waals surface area contributed by atoms with E-state index in [1.54, 1.807) is 0 Å². The highest BCUT2D eigenvalue weighted by molar-refractivity contribution is 5.94. The van der Waals surface area contributed by atoms with Crippen molar-refractivity contribution < 1.29 is 9.90 Å². The molecule has 1 aliphatic heterocycles. The third-order valence-corrected chi connectivity index (χ3v) is 6.52. The molecule has 6 heteroatoms. The minimum absolute atomic E-state index is 0.0705. The Hall–Kier alpha value is -1.92. The number of pyridine rings is 1. The molecule has 3 heterocycles. The number of amides is 1. The number of fused-ring (bicyclic) bond motifs is 1. The summed E-state index contributed by atoms with van der Waals surface area (Å²) < 4.78 is 2.03. The summed E-state index contributed by atoms with van der Waals surface area (Å²) in [5, 5.41) is 9.88. The third-order valence-electron chi connectivity index (χ3n) is 6.52. The molecule has 0 aromatic carbocycles. The van der Waals surface area contributed by atoms with Gasteiger partial charge >= 0.3 is 0 Å². The van der Waals surface area contributed by atoms with Crippen molar-refractivity contribution in [1.82, 2.24) is 19.2 Å². The van der Waals surface area contributed by atoms with Gasteiger partial charge in [-0.2, -0.15) is 0 Å². The first-order valence-corrected chi connectivity index (χ1v) is 12.5. The van der Waals surface area contributed by atoms with Crippen LogP contribution in [0.15, 0.2) is 18.3 Å². The Morgan fingerprint density at radius 3 is 2.34 bits per heavy atom. The maximum atomic E-state index is 13.4. The molecule has 1 fully saturated rings. The van der Waals surface area contributed by atoms with Gasteiger partial charge in [0.2, 0.25) is 0 Å². The Labute approximate surface area is 193 Å². The number of rotatable bonds is 12. The smallest absolute Gasteiger partial charge is 0.255 e. The van der Waals surface area contributed by atoms with Gasteiger partial charge in [-0.3, -0.25) is 4.79 Å². The van der Waals surface area contributed by atoms with E-state index in [4.69, 9.17) is 0 Å². The van der Waals surface area contributed by atoms with Gasteiger partial charge in [0.1, 0.15) is 5.65 Å². The van der Waals surface area contributed by atoms with Crippen LogP contribution < -0.4 is 0 Å². The number of aliphatic hydroxyl groups is 1. The minimum Gasteiger partial charge on any atom is -0.390 e. The molecular formula is C26H42N4O2. The van der Waals surface area contributed by atoms with Crippen LogP contribution in [0.3, 0.4) is 0 Å². The molecule has 0 saturated carbocycles. The van der Waals surface area contributed by atoms with E-state index < -0.39 is 0 Å². The van der Waals surface area contributed by atoms with Crippen LogP contribution in [0.5, 0.6) is 0 Å². The van der Waals surface area contributed by atoms with Crippen LogP contribution in [0.4, 0.5) is 0 Å². The number of aromatic nitrogens is 2. The van der Waals surface area contributed by atoms with Crippen molar-refractivity contribution >= 4 is 11.6 Å². The molecule has 178 valence electrons. The molecule has 6 nitrogen and oxygen atoms in total. The van der Waals surface area contributed by atoms with Crippen molar-refractivity contribution in [1.29, 1.82) is 0 Å². The van der Waals surface area contributed by atoms with Crippen molar-refractivity contribution in [2.24, 2.45) is 11.8 Å². The highest BCUT2D eigenvalue weighted by Crippen LogP contribution is 2.19. The number of hydrogen-bond acceptors (Lipinski definition) is 4. The van der Waals surface area contributed by atoms with Gasteiger partial charge in [0.05, 0.1) is 17.9 Å². The molecule has 0 spiro atoms. The lowest BCUT2D eigenvalue weighted by Crippen LogP contribution is -2.34. The predicted octanol–water partition coefficient (Wildman–Crippen LogP) is 4.39. The summed E-state index contributed by atoms with van der Waals surface area (Å²) in [5.41, 5.74) is 3.27. The van der Waals surface area contributed by atoms with Crippen molar-refractivity contribution in [3.8, 4) is 0 Å². The molecule has 1 saturated heterocycles. The third kappa shape index (κ3) is 6.55. The van der Waals surface area contributed by atoms with Gasteiger partial charge < -0.3 is 19.3 Å². The Balaban J connectivity index is 1.79. The van der Waals surface area contributed by atoms with Gasteiger partial charge in [0.15, 0.2) is 0 Å². The number of nitrogens with zero attached hydrogens (tertiary/aromatic N) is 4. The number of aliphatic hydroxyl groups excluding tert-OH is 1. The van der Waals surface area contributed by atoms with Crippen LogP contribution in [0.25, 0.3) is 5.65 Å². The molecule has 1 amide bonds. The number of carbonyl (C=O) groups excluding carboxylic acids is 1. The Morgan fingerprint density at radius 2 is 1.75 bits per heavy atom. The molecule has 2 aromatic heterocycles. The van der Waals surface area contributed by atoms with Crippen LogP contribution in [0.2, 0.25) is 0 Å². The van der Waals surface area contributed by atoms with Gasteiger partial charge in [-0.15, -0.1) is 0 Å². The number of hydrogen-bond donors (Lipinski definition) is 1. The fraction of sp³-hybridized carbons (Fsp3) is 0.692. The Morgan fingerprint density at radius 1 is 1.09 bits per heavy atom. The zero-order valence-corrected chi connectivity index (χ0v) is 20.5. The van der Waals surface area contributed by atoms with Crippen molar-refractivity contribution in [2.75, 3.05) is 32.7 Å². The summed E-state index contributed by atoms with van der Waals surface area (Å²) in [6, 6.07) is 3.80. The van der Waals surface area contributed by atoms with Gasteiger partial charge in [0.25, 0.3) is 5.91 Å². The largest absolute Gasteiger partial charge is 0.390 e. The van der Waals surface area contributed by atoms with Gasteiger partial charge in [-0.1, -0.05) is 27.7 Å². The van der Waals surface area contributed by atoms with E-state index in [-0.39, 0.29) is 12.5 Å². The first-order chi connectivity index (χ1) is 15.4. The topological polar surface area (TPSA) is 61.1 Å². The summed E-state index contributed by atoms with van der Waals surface area (Å²) in [6.45, 7) is 13.8. The van der Waals surface area contributed by atoms with Gasteiger partial charge in [0, 0.05) is 25.0 Å². The predicted molar refractivity (Wildman–Crippen MR) is 130 cm³/mol. The van der Waals surface area contributed by atoms with E-state index in [2.05, 4.69) is 37.6 Å². The first-order valence-electron chi connectivity index (χ1n) is 12.5. The zero-order valence-electron chi connectivity index (χ0n) is 20.5. The number of imidazole rings is 1. The van der Waals surface area contributed by atoms with Crippen LogP contribution in [-0.2, 0) is 13.0 Å². The molecule has 1 N–H and O–H groups in total.